The van der Waals surface area contributed by atoms with Crippen LogP contribution in [0.25, 0.3) is 5.69 Å². The zero-order chi connectivity index (χ0) is 14.0. The maximum absolute atomic E-state index is 13.3. The second kappa shape index (κ2) is 5.09. The van der Waals surface area contributed by atoms with E-state index in [0.29, 0.717) is 4.57 Å². The van der Waals surface area contributed by atoms with Crippen LogP contribution in [0.4, 0.5) is 4.39 Å². The number of nitrogens with zero attached hydrogens (tertiary/aromatic N) is 1. The summed E-state index contributed by atoms with van der Waals surface area (Å²) in [5.74, 6) is -2.37. The number of halogens is 1. The number of benzene rings is 1. The van der Waals surface area contributed by atoms with Gasteiger partial charge in [-0.1, -0.05) is 25.5 Å². The number of aromatic hydroxyl groups is 1. The normalized spacial score (nSPS) is 10.6. The molecule has 0 aliphatic carbocycles. The van der Waals surface area contributed by atoms with Gasteiger partial charge >= 0.3 is 5.69 Å². The Bertz CT molecular complexity index is 701. The molecule has 2 rings (SSSR count). The van der Waals surface area contributed by atoms with Gasteiger partial charge in [0.2, 0.25) is 11.7 Å². The first-order valence-electron chi connectivity index (χ1n) is 5.87. The third-order valence-corrected chi connectivity index (χ3v) is 2.76. The van der Waals surface area contributed by atoms with Crippen molar-refractivity contribution in [2.45, 2.75) is 19.8 Å². The van der Waals surface area contributed by atoms with Crippen LogP contribution in [0.3, 0.4) is 0 Å². The van der Waals surface area contributed by atoms with E-state index in [1.807, 2.05) is 6.92 Å². The van der Waals surface area contributed by atoms with Crippen molar-refractivity contribution in [3.8, 4) is 11.6 Å². The Kier molecular flexibility index (Phi) is 3.50. The minimum Gasteiger partial charge on any atom is -0.492 e. The average Bonchev–Trinajstić information content (AvgIpc) is 2.38. The van der Waals surface area contributed by atoms with Crippen LogP contribution in [-0.2, 0) is 6.42 Å². The fourth-order valence-electron chi connectivity index (χ4n) is 1.84. The van der Waals surface area contributed by atoms with Crippen molar-refractivity contribution in [3.05, 3.63) is 56.5 Å². The molecule has 0 atom stereocenters. The van der Waals surface area contributed by atoms with E-state index in [1.165, 1.54) is 0 Å². The number of nitrogens with one attached hydrogen (secondary N) is 1. The number of aryl methyl sites for hydroxylation is 1. The highest BCUT2D eigenvalue weighted by atomic mass is 19.1. The number of H-pyrrole nitrogens is 1. The Morgan fingerprint density at radius 2 is 1.89 bits per heavy atom. The monoisotopic (exact) mass is 264 g/mol. The Morgan fingerprint density at radius 3 is 2.47 bits per heavy atom. The molecule has 0 bridgehead atoms. The lowest BCUT2D eigenvalue weighted by atomic mass is 10.1. The summed E-state index contributed by atoms with van der Waals surface area (Å²) >= 11 is 0. The molecule has 6 heteroatoms. The zero-order valence-corrected chi connectivity index (χ0v) is 10.3. The average molecular weight is 264 g/mol. The highest BCUT2D eigenvalue weighted by Gasteiger charge is 2.14. The van der Waals surface area contributed by atoms with Crippen molar-refractivity contribution < 1.29 is 9.50 Å². The van der Waals surface area contributed by atoms with E-state index in [-0.39, 0.29) is 5.69 Å². The SMILES string of the molecule is CCCc1ccc(-n2c(O)c(F)c(=O)[nH]c2=O)cc1. The summed E-state index contributed by atoms with van der Waals surface area (Å²) in [5, 5.41) is 9.55. The molecule has 0 aliphatic rings. The fourth-order valence-corrected chi connectivity index (χ4v) is 1.84. The predicted octanol–water partition coefficient (Wildman–Crippen LogP) is 1.32. The number of aromatic amines is 1. The van der Waals surface area contributed by atoms with E-state index in [1.54, 1.807) is 29.2 Å². The molecule has 0 fully saturated rings. The van der Waals surface area contributed by atoms with Crippen molar-refractivity contribution in [3.63, 3.8) is 0 Å². The molecule has 0 unspecified atom stereocenters. The molecule has 2 aromatic rings. The Morgan fingerprint density at radius 1 is 1.26 bits per heavy atom. The Hall–Kier alpha value is -2.37. The second-order valence-electron chi connectivity index (χ2n) is 4.15. The number of aromatic nitrogens is 2. The van der Waals surface area contributed by atoms with Gasteiger partial charge in [0.25, 0.3) is 5.56 Å². The first-order chi connectivity index (χ1) is 9.04. The van der Waals surface area contributed by atoms with E-state index < -0.39 is 22.9 Å². The van der Waals surface area contributed by atoms with Gasteiger partial charge in [0.15, 0.2) is 0 Å². The zero-order valence-electron chi connectivity index (χ0n) is 10.3. The smallest absolute Gasteiger partial charge is 0.335 e. The Labute approximate surface area is 108 Å². The van der Waals surface area contributed by atoms with Crippen LogP contribution in [0.1, 0.15) is 18.9 Å². The highest BCUT2D eigenvalue weighted by molar-refractivity contribution is 5.37. The summed E-state index contributed by atoms with van der Waals surface area (Å²) in [6, 6.07) is 6.75. The summed E-state index contributed by atoms with van der Waals surface area (Å²) in [6.45, 7) is 2.04. The number of hydrogen-bond acceptors (Lipinski definition) is 3. The molecule has 1 aromatic carbocycles. The van der Waals surface area contributed by atoms with E-state index in [4.69, 9.17) is 0 Å². The molecule has 0 radical (unpaired) electrons. The lowest BCUT2D eigenvalue weighted by Gasteiger charge is -2.08. The van der Waals surface area contributed by atoms with Crippen LogP contribution in [-0.4, -0.2) is 14.7 Å². The van der Waals surface area contributed by atoms with Crippen LogP contribution >= 0.6 is 0 Å². The molecule has 2 N–H and O–H groups in total. The molecule has 1 aromatic heterocycles. The first kappa shape index (κ1) is 13.1. The highest BCUT2D eigenvalue weighted by Crippen LogP contribution is 2.16. The number of rotatable bonds is 3. The van der Waals surface area contributed by atoms with Crippen molar-refractivity contribution in [2.75, 3.05) is 0 Å². The maximum atomic E-state index is 13.3. The van der Waals surface area contributed by atoms with Gasteiger partial charge in [0, 0.05) is 0 Å². The molecular weight excluding hydrogens is 251 g/mol. The van der Waals surface area contributed by atoms with E-state index in [2.05, 4.69) is 0 Å². The summed E-state index contributed by atoms with van der Waals surface area (Å²) in [5.41, 5.74) is -0.755. The van der Waals surface area contributed by atoms with Gasteiger partial charge in [0.1, 0.15) is 0 Å². The van der Waals surface area contributed by atoms with Gasteiger partial charge in [-0.2, -0.15) is 4.39 Å². The minimum absolute atomic E-state index is 0.289. The van der Waals surface area contributed by atoms with Crippen molar-refractivity contribution in [1.82, 2.24) is 9.55 Å². The van der Waals surface area contributed by atoms with Gasteiger partial charge in [-0.05, 0) is 24.1 Å². The molecule has 19 heavy (non-hydrogen) atoms. The molecule has 0 aliphatic heterocycles. The molecule has 0 amide bonds. The van der Waals surface area contributed by atoms with E-state index in [9.17, 15) is 19.1 Å². The van der Waals surface area contributed by atoms with Gasteiger partial charge in [-0.15, -0.1) is 0 Å². The Balaban J connectivity index is 2.56. The fraction of sp³-hybridized carbons (Fsp3) is 0.231. The second-order valence-corrected chi connectivity index (χ2v) is 4.15. The largest absolute Gasteiger partial charge is 0.492 e. The summed E-state index contributed by atoms with van der Waals surface area (Å²) < 4.78 is 14.0. The summed E-state index contributed by atoms with van der Waals surface area (Å²) in [6.07, 6.45) is 1.87. The lowest BCUT2D eigenvalue weighted by molar-refractivity contribution is 0.386. The van der Waals surface area contributed by atoms with Gasteiger partial charge < -0.3 is 5.11 Å². The van der Waals surface area contributed by atoms with Crippen LogP contribution in [0.15, 0.2) is 33.9 Å². The molecule has 0 spiro atoms. The first-order valence-corrected chi connectivity index (χ1v) is 5.87. The van der Waals surface area contributed by atoms with Gasteiger partial charge in [0.05, 0.1) is 5.69 Å². The van der Waals surface area contributed by atoms with Crippen molar-refractivity contribution >= 4 is 0 Å². The summed E-state index contributed by atoms with van der Waals surface area (Å²) in [7, 11) is 0. The molecule has 0 saturated heterocycles. The lowest BCUT2D eigenvalue weighted by Crippen LogP contribution is -2.30. The van der Waals surface area contributed by atoms with Crippen LogP contribution < -0.4 is 11.2 Å². The standard InChI is InChI=1S/C13H13FN2O3/c1-2-3-8-4-6-9(7-5-8)16-12(18)10(14)11(17)15-13(16)19/h4-7,18H,2-3H2,1H3,(H,15,17,19). The molecular formula is C13H13FN2O3. The van der Waals surface area contributed by atoms with Crippen molar-refractivity contribution in [1.29, 1.82) is 0 Å². The quantitative estimate of drug-likeness (QED) is 0.878. The van der Waals surface area contributed by atoms with Crippen molar-refractivity contribution in [2.24, 2.45) is 0 Å². The maximum Gasteiger partial charge on any atom is 0.335 e. The predicted molar refractivity (Wildman–Crippen MR) is 68.3 cm³/mol. The van der Waals surface area contributed by atoms with Crippen LogP contribution in [0.5, 0.6) is 5.88 Å². The minimum atomic E-state index is -1.38. The summed E-state index contributed by atoms with van der Waals surface area (Å²) in [4.78, 5) is 24.4. The number of hydrogen-bond donors (Lipinski definition) is 2. The van der Waals surface area contributed by atoms with Crippen LogP contribution in [0.2, 0.25) is 0 Å². The van der Waals surface area contributed by atoms with Gasteiger partial charge in [-0.3, -0.25) is 9.78 Å². The third-order valence-electron chi connectivity index (χ3n) is 2.76. The van der Waals surface area contributed by atoms with E-state index in [0.717, 1.165) is 18.4 Å². The molecule has 5 nitrogen and oxygen atoms in total. The molecule has 1 heterocycles. The van der Waals surface area contributed by atoms with E-state index >= 15 is 0 Å². The molecule has 0 saturated carbocycles. The molecule has 100 valence electrons. The van der Waals surface area contributed by atoms with Crippen LogP contribution in [0, 0.1) is 5.82 Å². The van der Waals surface area contributed by atoms with Gasteiger partial charge in [-0.25, -0.2) is 9.36 Å². The third kappa shape index (κ3) is 2.42. The topological polar surface area (TPSA) is 75.1 Å².